The van der Waals surface area contributed by atoms with Gasteiger partial charge in [-0.05, 0) is 12.0 Å². The Balaban J connectivity index is 2.70. The molecule has 0 heterocycles. The normalized spacial score (nSPS) is 10.4. The van der Waals surface area contributed by atoms with E-state index in [0.29, 0.717) is 5.56 Å². The fraction of sp³-hybridized carbons (Fsp3) is 0.100. The van der Waals surface area contributed by atoms with Gasteiger partial charge in [0.2, 0.25) is 0 Å². The number of hydrogen-bond acceptors (Lipinski definition) is 1. The first-order valence-corrected chi connectivity index (χ1v) is 4.10. The molecular weight excluding hydrogens is 172 g/mol. The number of rotatable bonds is 3. The minimum Gasteiger partial charge on any atom is -0.298 e. The lowest BCUT2D eigenvalue weighted by atomic mass is 10.1. The molecule has 0 unspecified atom stereocenters. The van der Waals surface area contributed by atoms with E-state index in [9.17, 15) is 4.79 Å². The van der Waals surface area contributed by atoms with E-state index in [-0.39, 0.29) is 0 Å². The van der Waals surface area contributed by atoms with Crippen LogP contribution in [0.1, 0.15) is 15.9 Å². The van der Waals surface area contributed by atoms with Crippen molar-refractivity contribution in [1.29, 1.82) is 0 Å². The van der Waals surface area contributed by atoms with Gasteiger partial charge in [-0.25, -0.2) is 0 Å². The molecule has 1 rings (SSSR count). The average Bonchev–Trinajstić information content (AvgIpc) is 2.15. The van der Waals surface area contributed by atoms with Crippen LogP contribution in [0.3, 0.4) is 0 Å². The lowest BCUT2D eigenvalue weighted by molar-refractivity contribution is 0.112. The first-order chi connectivity index (χ1) is 5.86. The van der Waals surface area contributed by atoms with E-state index >= 15 is 0 Å². The second kappa shape index (κ2) is 4.73. The van der Waals surface area contributed by atoms with Gasteiger partial charge in [0.25, 0.3) is 0 Å². The summed E-state index contributed by atoms with van der Waals surface area (Å²) in [5, 5.41) is 0. The summed E-state index contributed by atoms with van der Waals surface area (Å²) >= 11 is 5.37. The molecule has 0 aliphatic rings. The molecule has 2 heteroatoms. The number of carbonyl (C=O) groups excluding carboxylic acids is 1. The van der Waals surface area contributed by atoms with Crippen LogP contribution in [0.15, 0.2) is 35.9 Å². The molecule has 1 aromatic carbocycles. The number of benzene rings is 1. The molecule has 0 bridgehead atoms. The summed E-state index contributed by atoms with van der Waals surface area (Å²) in [5.41, 5.74) is 3.35. The number of halogens is 1. The summed E-state index contributed by atoms with van der Waals surface area (Å²) in [6.07, 6.45) is 3.50. The fourth-order valence-corrected chi connectivity index (χ4v) is 1.00. The van der Waals surface area contributed by atoms with Crippen LogP contribution >= 0.6 is 11.6 Å². The first-order valence-electron chi connectivity index (χ1n) is 3.66. The van der Waals surface area contributed by atoms with Crippen molar-refractivity contribution >= 4 is 17.9 Å². The van der Waals surface area contributed by atoms with Crippen LogP contribution in [0.5, 0.6) is 0 Å². The molecular formula is C10H9ClO. The number of carbonyl (C=O) groups is 1. The Labute approximate surface area is 76.7 Å². The Morgan fingerprint density at radius 1 is 1.25 bits per heavy atom. The van der Waals surface area contributed by atoms with Crippen LogP contribution in [-0.4, -0.2) is 6.29 Å². The third-order valence-electron chi connectivity index (χ3n) is 1.56. The van der Waals surface area contributed by atoms with Crippen molar-refractivity contribution < 1.29 is 4.79 Å². The topological polar surface area (TPSA) is 17.1 Å². The molecule has 0 radical (unpaired) electrons. The lowest BCUT2D eigenvalue weighted by Gasteiger charge is -1.95. The number of allylic oxidation sites excluding steroid dienone is 1. The van der Waals surface area contributed by atoms with E-state index in [1.54, 1.807) is 12.1 Å². The minimum atomic E-state index is 0.702. The highest BCUT2D eigenvalue weighted by Crippen LogP contribution is 2.03. The summed E-state index contributed by atoms with van der Waals surface area (Å²) in [6, 6.07) is 7.43. The highest BCUT2D eigenvalue weighted by atomic mass is 35.5. The van der Waals surface area contributed by atoms with Crippen LogP contribution in [0.25, 0.3) is 0 Å². The maximum absolute atomic E-state index is 10.3. The number of aldehydes is 1. The Bertz CT molecular complexity index is 274. The Kier molecular flexibility index (Phi) is 3.55. The van der Waals surface area contributed by atoms with Gasteiger partial charge in [0.05, 0.1) is 0 Å². The van der Waals surface area contributed by atoms with Crippen molar-refractivity contribution in [3.63, 3.8) is 0 Å². The molecule has 0 saturated heterocycles. The van der Waals surface area contributed by atoms with Gasteiger partial charge in [-0.3, -0.25) is 4.79 Å². The smallest absolute Gasteiger partial charge is 0.150 e. The van der Waals surface area contributed by atoms with E-state index in [4.69, 9.17) is 11.6 Å². The van der Waals surface area contributed by atoms with Crippen LogP contribution in [-0.2, 0) is 6.42 Å². The van der Waals surface area contributed by atoms with Crippen molar-refractivity contribution in [2.45, 2.75) is 6.42 Å². The number of hydrogen-bond donors (Lipinski definition) is 0. The molecule has 1 nitrogen and oxygen atoms in total. The third kappa shape index (κ3) is 2.51. The highest BCUT2D eigenvalue weighted by Gasteiger charge is 1.90. The van der Waals surface area contributed by atoms with Crippen LogP contribution < -0.4 is 0 Å². The van der Waals surface area contributed by atoms with Gasteiger partial charge < -0.3 is 0 Å². The van der Waals surface area contributed by atoms with E-state index in [1.807, 2.05) is 18.2 Å². The second-order valence-electron chi connectivity index (χ2n) is 2.43. The molecule has 0 amide bonds. The zero-order chi connectivity index (χ0) is 8.81. The predicted octanol–water partition coefficient (Wildman–Crippen LogP) is 2.79. The van der Waals surface area contributed by atoms with Crippen LogP contribution in [0.4, 0.5) is 0 Å². The zero-order valence-electron chi connectivity index (χ0n) is 6.53. The molecule has 0 saturated carbocycles. The maximum atomic E-state index is 10.3. The lowest BCUT2D eigenvalue weighted by Crippen LogP contribution is -1.82. The van der Waals surface area contributed by atoms with Gasteiger partial charge in [-0.15, -0.1) is 0 Å². The van der Waals surface area contributed by atoms with Crippen molar-refractivity contribution in [3.8, 4) is 0 Å². The van der Waals surface area contributed by atoms with Crippen molar-refractivity contribution in [3.05, 3.63) is 47.0 Å². The Hall–Kier alpha value is -1.08. The predicted molar refractivity (Wildman–Crippen MR) is 50.5 cm³/mol. The summed E-state index contributed by atoms with van der Waals surface area (Å²) in [5.74, 6) is 0. The van der Waals surface area contributed by atoms with Crippen molar-refractivity contribution in [2.24, 2.45) is 0 Å². The summed E-state index contributed by atoms with van der Waals surface area (Å²) in [4.78, 5) is 10.3. The molecule has 1 aromatic rings. The third-order valence-corrected chi connectivity index (χ3v) is 1.74. The van der Waals surface area contributed by atoms with Crippen LogP contribution in [0, 0.1) is 0 Å². The van der Waals surface area contributed by atoms with Gasteiger partial charge in [0, 0.05) is 11.1 Å². The molecule has 0 fully saturated rings. The van der Waals surface area contributed by atoms with E-state index in [0.717, 1.165) is 18.3 Å². The summed E-state index contributed by atoms with van der Waals surface area (Å²) < 4.78 is 0. The van der Waals surface area contributed by atoms with E-state index in [2.05, 4.69) is 0 Å². The first kappa shape index (κ1) is 9.01. The van der Waals surface area contributed by atoms with Gasteiger partial charge >= 0.3 is 0 Å². The highest BCUT2D eigenvalue weighted by molar-refractivity contribution is 6.25. The van der Waals surface area contributed by atoms with Gasteiger partial charge in [-0.1, -0.05) is 41.9 Å². The van der Waals surface area contributed by atoms with E-state index < -0.39 is 0 Å². The fourth-order valence-electron chi connectivity index (χ4n) is 0.913. The molecule has 0 aliphatic heterocycles. The van der Waals surface area contributed by atoms with Gasteiger partial charge in [0.15, 0.2) is 0 Å². The van der Waals surface area contributed by atoms with Crippen LogP contribution in [0.2, 0.25) is 0 Å². The summed E-state index contributed by atoms with van der Waals surface area (Å²) in [7, 11) is 0. The molecule has 0 aromatic heterocycles. The largest absolute Gasteiger partial charge is 0.298 e. The van der Waals surface area contributed by atoms with Gasteiger partial charge in [-0.2, -0.15) is 0 Å². The Morgan fingerprint density at radius 2 is 1.92 bits per heavy atom. The minimum absolute atomic E-state index is 0.702. The molecule has 0 aliphatic carbocycles. The molecule has 0 N–H and O–H groups in total. The zero-order valence-corrected chi connectivity index (χ0v) is 7.29. The monoisotopic (exact) mass is 180 g/mol. The maximum Gasteiger partial charge on any atom is 0.150 e. The summed E-state index contributed by atoms with van der Waals surface area (Å²) in [6.45, 7) is 0. The van der Waals surface area contributed by atoms with Gasteiger partial charge in [0.1, 0.15) is 6.29 Å². The molecule has 12 heavy (non-hydrogen) atoms. The van der Waals surface area contributed by atoms with Crippen molar-refractivity contribution in [2.75, 3.05) is 0 Å². The van der Waals surface area contributed by atoms with Crippen molar-refractivity contribution in [1.82, 2.24) is 0 Å². The quantitative estimate of drug-likeness (QED) is 0.654. The second-order valence-corrected chi connectivity index (χ2v) is 2.68. The SMILES string of the molecule is O=Cc1ccc(C/C=C/Cl)cc1. The standard InChI is InChI=1S/C10H9ClO/c11-7-1-2-9-3-5-10(8-12)6-4-9/h1,3-8H,2H2/b7-1+. The Morgan fingerprint density at radius 3 is 2.42 bits per heavy atom. The molecule has 0 spiro atoms. The molecule has 62 valence electrons. The van der Waals surface area contributed by atoms with E-state index in [1.165, 1.54) is 5.54 Å². The average molecular weight is 181 g/mol. The molecule has 0 atom stereocenters.